The molecule has 0 fully saturated rings. The van der Waals surface area contributed by atoms with Crippen LogP contribution in [0.1, 0.15) is 21.5 Å². The van der Waals surface area contributed by atoms with Crippen LogP contribution >= 0.6 is 0 Å². The quantitative estimate of drug-likeness (QED) is 0.313. The van der Waals surface area contributed by atoms with E-state index in [1.165, 1.54) is 29.2 Å². The first-order valence-electron chi connectivity index (χ1n) is 10.9. The molecule has 0 aliphatic carbocycles. The lowest BCUT2D eigenvalue weighted by Crippen LogP contribution is -2.19. The van der Waals surface area contributed by atoms with E-state index in [0.29, 0.717) is 22.2 Å². The van der Waals surface area contributed by atoms with E-state index in [9.17, 15) is 27.5 Å². The monoisotopic (exact) mass is 507 g/mol. The van der Waals surface area contributed by atoms with E-state index in [4.69, 9.17) is 0 Å². The first-order chi connectivity index (χ1) is 17.8. The number of halogens is 4. The van der Waals surface area contributed by atoms with Crippen molar-refractivity contribution < 1.29 is 27.5 Å². The third kappa shape index (κ3) is 4.52. The van der Waals surface area contributed by atoms with Gasteiger partial charge in [0, 0.05) is 29.1 Å². The molecule has 11 heteroatoms. The zero-order chi connectivity index (χ0) is 26.2. The largest absolute Gasteiger partial charge is 0.417 e. The lowest BCUT2D eigenvalue weighted by atomic mass is 10.0. The number of nitrogens with one attached hydrogen (secondary N) is 1. The molecular weight excluding hydrogens is 490 g/mol. The van der Waals surface area contributed by atoms with Crippen LogP contribution in [0.25, 0.3) is 28.0 Å². The van der Waals surface area contributed by atoms with E-state index >= 15 is 0 Å². The number of pyridine rings is 1. The van der Waals surface area contributed by atoms with Crippen LogP contribution in [0, 0.1) is 5.82 Å². The van der Waals surface area contributed by atoms with Crippen molar-refractivity contribution >= 4 is 17.2 Å². The Morgan fingerprint density at radius 1 is 0.973 bits per heavy atom. The number of carbonyl (C=O) groups is 1. The highest BCUT2D eigenvalue weighted by atomic mass is 19.4. The Labute approximate surface area is 207 Å². The van der Waals surface area contributed by atoms with Crippen molar-refractivity contribution in [2.24, 2.45) is 0 Å². The zero-order valence-corrected chi connectivity index (χ0v) is 18.9. The van der Waals surface area contributed by atoms with E-state index in [2.05, 4.69) is 20.4 Å². The predicted molar refractivity (Wildman–Crippen MR) is 127 cm³/mol. The van der Waals surface area contributed by atoms with Gasteiger partial charge in [-0.05, 0) is 35.9 Å². The van der Waals surface area contributed by atoms with E-state index < -0.39 is 34.6 Å². The van der Waals surface area contributed by atoms with Crippen LogP contribution in [-0.4, -0.2) is 30.6 Å². The maximum Gasteiger partial charge on any atom is 0.417 e. The number of amides is 1. The minimum Gasteiger partial charge on any atom is -0.392 e. The molecule has 0 radical (unpaired) electrons. The number of benzene rings is 2. The Hall–Kier alpha value is -4.64. The Balaban J connectivity index is 1.65. The first kappa shape index (κ1) is 24.1. The summed E-state index contributed by atoms with van der Waals surface area (Å²) >= 11 is 0. The molecule has 0 bridgehead atoms. The molecule has 3 aromatic heterocycles. The van der Waals surface area contributed by atoms with Gasteiger partial charge in [-0.15, -0.1) is 0 Å². The molecule has 7 nitrogen and oxygen atoms in total. The number of aromatic nitrogens is 4. The SMILES string of the molecule is O=C(Nc1c(-c2ccccc2)ccc2c(CO)cnn12)c1cc(-c2ncccn2)c(C(F)(F)F)cc1F. The smallest absolute Gasteiger partial charge is 0.392 e. The number of nitrogens with zero attached hydrogens (tertiary/aromatic N) is 4. The molecule has 5 rings (SSSR count). The maximum atomic E-state index is 15.0. The van der Waals surface area contributed by atoms with Crippen LogP contribution in [0.2, 0.25) is 0 Å². The number of hydrogen-bond acceptors (Lipinski definition) is 5. The van der Waals surface area contributed by atoms with E-state index in [0.717, 1.165) is 6.07 Å². The molecule has 0 aliphatic rings. The van der Waals surface area contributed by atoms with Gasteiger partial charge in [-0.3, -0.25) is 4.79 Å². The Morgan fingerprint density at radius 2 is 1.70 bits per heavy atom. The minimum absolute atomic E-state index is 0.144. The van der Waals surface area contributed by atoms with Crippen LogP contribution in [0.5, 0.6) is 0 Å². The molecule has 186 valence electrons. The topological polar surface area (TPSA) is 92.4 Å². The molecule has 2 N–H and O–H groups in total. The zero-order valence-electron chi connectivity index (χ0n) is 18.9. The summed E-state index contributed by atoms with van der Waals surface area (Å²) in [7, 11) is 0. The highest BCUT2D eigenvalue weighted by Crippen LogP contribution is 2.38. The van der Waals surface area contributed by atoms with Gasteiger partial charge < -0.3 is 10.4 Å². The molecule has 2 aromatic carbocycles. The lowest BCUT2D eigenvalue weighted by Gasteiger charge is -2.16. The summed E-state index contributed by atoms with van der Waals surface area (Å²) in [6, 6.07) is 14.8. The van der Waals surface area contributed by atoms with Crippen molar-refractivity contribution in [1.29, 1.82) is 0 Å². The standard InChI is InChI=1S/C26H17F4N5O2/c27-21-12-20(26(28,29)30)18(23-31-9-4-10-32-23)11-19(21)25(37)34-24-17(15-5-2-1-3-6-15)7-8-22-16(14-36)13-33-35(22)24/h1-13,36H,14H2,(H,34,37). The second-order valence-corrected chi connectivity index (χ2v) is 7.99. The molecule has 0 saturated carbocycles. The number of carbonyl (C=O) groups excluding carboxylic acids is 1. The van der Waals surface area contributed by atoms with Gasteiger partial charge in [-0.2, -0.15) is 18.3 Å². The Bertz CT molecular complexity index is 1600. The molecule has 0 unspecified atom stereocenters. The summed E-state index contributed by atoms with van der Waals surface area (Å²) in [6.07, 6.45) is -1.00. The third-order valence-electron chi connectivity index (χ3n) is 5.71. The van der Waals surface area contributed by atoms with Gasteiger partial charge in [0.2, 0.25) is 0 Å². The maximum absolute atomic E-state index is 15.0. The molecule has 3 heterocycles. The van der Waals surface area contributed by atoms with Gasteiger partial charge in [0.25, 0.3) is 5.91 Å². The second kappa shape index (κ2) is 9.43. The number of aliphatic hydroxyl groups is 1. The molecule has 37 heavy (non-hydrogen) atoms. The summed E-state index contributed by atoms with van der Waals surface area (Å²) in [5.74, 6) is -2.54. The molecule has 0 spiro atoms. The number of hydrogen-bond donors (Lipinski definition) is 2. The van der Waals surface area contributed by atoms with Gasteiger partial charge in [-0.1, -0.05) is 30.3 Å². The highest BCUT2D eigenvalue weighted by molar-refractivity contribution is 6.06. The van der Waals surface area contributed by atoms with E-state index in [1.807, 2.05) is 6.07 Å². The fourth-order valence-corrected chi connectivity index (χ4v) is 3.98. The lowest BCUT2D eigenvalue weighted by molar-refractivity contribution is -0.137. The number of aliphatic hydroxyl groups excluding tert-OH is 1. The third-order valence-corrected chi connectivity index (χ3v) is 5.71. The van der Waals surface area contributed by atoms with Crippen molar-refractivity contribution in [2.45, 2.75) is 12.8 Å². The fraction of sp³-hybridized carbons (Fsp3) is 0.0769. The molecule has 0 saturated heterocycles. The van der Waals surface area contributed by atoms with Crippen molar-refractivity contribution in [3.63, 3.8) is 0 Å². The van der Waals surface area contributed by atoms with Gasteiger partial charge in [0.15, 0.2) is 5.82 Å². The fourth-order valence-electron chi connectivity index (χ4n) is 3.98. The van der Waals surface area contributed by atoms with Gasteiger partial charge in [0.05, 0.1) is 29.4 Å². The summed E-state index contributed by atoms with van der Waals surface area (Å²) in [6.45, 7) is -0.310. The molecule has 5 aromatic rings. The minimum atomic E-state index is -4.91. The Kier molecular flexibility index (Phi) is 6.14. The average molecular weight is 507 g/mol. The second-order valence-electron chi connectivity index (χ2n) is 7.99. The number of alkyl halides is 3. The number of fused-ring (bicyclic) bond motifs is 1. The van der Waals surface area contributed by atoms with Crippen LogP contribution < -0.4 is 5.32 Å². The van der Waals surface area contributed by atoms with Crippen molar-refractivity contribution in [3.8, 4) is 22.5 Å². The van der Waals surface area contributed by atoms with Crippen LogP contribution in [0.15, 0.2) is 79.3 Å². The van der Waals surface area contributed by atoms with Gasteiger partial charge in [0.1, 0.15) is 11.6 Å². The molecule has 1 amide bonds. The van der Waals surface area contributed by atoms with Crippen molar-refractivity contribution in [1.82, 2.24) is 19.6 Å². The number of rotatable bonds is 5. The first-order valence-corrected chi connectivity index (χ1v) is 10.9. The average Bonchev–Trinajstić information content (AvgIpc) is 3.33. The number of anilines is 1. The van der Waals surface area contributed by atoms with Crippen molar-refractivity contribution in [2.75, 3.05) is 5.32 Å². The van der Waals surface area contributed by atoms with Crippen molar-refractivity contribution in [3.05, 3.63) is 102 Å². The summed E-state index contributed by atoms with van der Waals surface area (Å²) in [5.41, 5.74) is -0.286. The molecular formula is C26H17F4N5O2. The van der Waals surface area contributed by atoms with Crippen LogP contribution in [0.4, 0.5) is 23.4 Å². The van der Waals surface area contributed by atoms with E-state index in [1.54, 1.807) is 36.4 Å². The predicted octanol–water partition coefficient (Wildman–Crippen LogP) is 5.36. The summed E-state index contributed by atoms with van der Waals surface area (Å²) in [5, 5.41) is 16.5. The molecule has 0 aliphatic heterocycles. The highest BCUT2D eigenvalue weighted by Gasteiger charge is 2.36. The summed E-state index contributed by atoms with van der Waals surface area (Å²) in [4.78, 5) is 21.0. The summed E-state index contributed by atoms with van der Waals surface area (Å²) < 4.78 is 57.4. The van der Waals surface area contributed by atoms with Gasteiger partial charge in [-0.25, -0.2) is 18.9 Å². The van der Waals surface area contributed by atoms with E-state index in [-0.39, 0.29) is 24.3 Å². The van der Waals surface area contributed by atoms with Gasteiger partial charge >= 0.3 is 6.18 Å². The van der Waals surface area contributed by atoms with Crippen LogP contribution in [-0.2, 0) is 12.8 Å². The normalized spacial score (nSPS) is 11.6. The van der Waals surface area contributed by atoms with Crippen LogP contribution in [0.3, 0.4) is 0 Å². The Morgan fingerprint density at radius 3 is 2.38 bits per heavy atom. The molecule has 0 atom stereocenters.